The molecule has 0 amide bonds. The Hall–Kier alpha value is 1.99. The van der Waals surface area contributed by atoms with E-state index in [4.69, 9.17) is 0 Å². The van der Waals surface area contributed by atoms with Gasteiger partial charge >= 0.3 is 25.8 Å². The van der Waals surface area contributed by atoms with Crippen molar-refractivity contribution in [2.45, 2.75) is 0 Å². The molecule has 0 spiro atoms. The second kappa shape index (κ2) is 20.1. The molecule has 0 radical (unpaired) electrons. The van der Waals surface area contributed by atoms with Gasteiger partial charge in [0, 0.05) is 19.5 Å². The Labute approximate surface area is 67.5 Å². The van der Waals surface area contributed by atoms with Crippen LogP contribution in [0.15, 0.2) is 0 Å². The average Bonchev–Trinajstić information content (AvgIpc) is 0. The molecule has 0 aliphatic rings. The maximum atomic E-state index is 0. The van der Waals surface area contributed by atoms with Crippen LogP contribution in [0.5, 0.6) is 0 Å². The third-order valence-electron chi connectivity index (χ3n) is 0. The van der Waals surface area contributed by atoms with Crippen molar-refractivity contribution in [3.8, 4) is 0 Å². The molecule has 0 fully saturated rings. The van der Waals surface area contributed by atoms with Gasteiger partial charge in [-0.15, -0.1) is 0 Å². The predicted octanol–water partition coefficient (Wildman–Crippen LogP) is -3.20. The van der Waals surface area contributed by atoms with Crippen LogP contribution >= 0.6 is 0 Å². The summed E-state index contributed by atoms with van der Waals surface area (Å²) in [6, 6.07) is 0. The molecule has 4 heavy (non-hydrogen) atoms. The number of hydrogen-bond acceptors (Lipinski definition) is 0. The Kier molecular flexibility index (Phi) is 189. The fourth-order valence-electron chi connectivity index (χ4n) is 0. The van der Waals surface area contributed by atoms with Crippen LogP contribution in [0.2, 0.25) is 0 Å². The molecule has 0 rings (SSSR count). The Bertz CT molecular complexity index is 8.00. The van der Waals surface area contributed by atoms with Crippen LogP contribution in [0, 0.1) is 0 Å². The second-order valence-electron chi connectivity index (χ2n) is 0. The van der Waals surface area contributed by atoms with Gasteiger partial charge in [-0.25, -0.2) is 0 Å². The third kappa shape index (κ3) is 9.01. The summed E-state index contributed by atoms with van der Waals surface area (Å²) in [5.74, 6) is 0. The first-order valence-corrected chi connectivity index (χ1v) is 0. The molecule has 0 atom stereocenters. The Balaban J connectivity index is 0. The van der Waals surface area contributed by atoms with E-state index in [1.54, 1.807) is 0 Å². The third-order valence-corrected chi connectivity index (χ3v) is 0. The summed E-state index contributed by atoms with van der Waals surface area (Å²) < 4.78 is 0. The molecule has 0 unspecified atom stereocenters. The van der Waals surface area contributed by atoms with Crippen LogP contribution in [-0.2, 0) is 19.5 Å². The van der Waals surface area contributed by atoms with E-state index in [9.17, 15) is 0 Å². The zero-order valence-corrected chi connectivity index (χ0v) is 4.17. The minimum absolute atomic E-state index is 0. The molecule has 0 heterocycles. The summed E-state index contributed by atoms with van der Waals surface area (Å²) in [6.45, 7) is 0. The van der Waals surface area contributed by atoms with E-state index in [2.05, 4.69) is 0 Å². The van der Waals surface area contributed by atoms with Crippen LogP contribution in [-0.4, -0.2) is 48.7 Å². The summed E-state index contributed by atoms with van der Waals surface area (Å²) in [7, 11) is 0. The monoisotopic (exact) mass is 230 g/mol. The first kappa shape index (κ1) is 37.7. The molecule has 0 aliphatic heterocycles. The van der Waals surface area contributed by atoms with Gasteiger partial charge in [-0.1, -0.05) is 0 Å². The fraction of sp³-hybridized carbons (Fsp3) is 0. The van der Waals surface area contributed by atoms with Crippen LogP contribution in [0.25, 0.3) is 0 Å². The molecule has 0 aliphatic carbocycles. The van der Waals surface area contributed by atoms with Crippen molar-refractivity contribution in [1.29, 1.82) is 0 Å². The molecule has 0 aromatic rings. The van der Waals surface area contributed by atoms with Crippen molar-refractivity contribution in [2.75, 3.05) is 0 Å². The summed E-state index contributed by atoms with van der Waals surface area (Å²) in [4.78, 5) is 0. The molecular weight excluding hydrogens is 223 g/mol. The minimum Gasteiger partial charge on any atom is 0 e. The van der Waals surface area contributed by atoms with Crippen molar-refractivity contribution in [3.05, 3.63) is 0 Å². The van der Waals surface area contributed by atoms with Gasteiger partial charge < -0.3 is 5.48 Å². The van der Waals surface area contributed by atoms with Gasteiger partial charge in [0.05, 0.1) is 0 Å². The molecule has 1 nitrogen and oxygen atoms in total. The minimum atomic E-state index is 0. The molecule has 0 aromatic heterocycles. The van der Waals surface area contributed by atoms with Crippen molar-refractivity contribution < 1.29 is 25.0 Å². The molecule has 0 bridgehead atoms. The predicted molar refractivity (Wildman–Crippen MR) is 23.5 cm³/mol. The topological polar surface area (TPSA) is 31.5 Å². The van der Waals surface area contributed by atoms with Crippen molar-refractivity contribution >= 4 is 43.2 Å². The summed E-state index contributed by atoms with van der Waals surface area (Å²) in [5.41, 5.74) is 0. The van der Waals surface area contributed by atoms with E-state index in [-0.39, 0.29) is 68.2 Å². The summed E-state index contributed by atoms with van der Waals surface area (Å²) in [6.07, 6.45) is 0. The van der Waals surface area contributed by atoms with Gasteiger partial charge in [0.1, 0.15) is 0 Å². The molecule has 0 saturated carbocycles. The second-order valence-corrected chi connectivity index (χ2v) is 0. The van der Waals surface area contributed by atoms with Gasteiger partial charge in [-0.2, -0.15) is 0 Å². The molecule has 4 heteroatoms. The molecule has 0 saturated heterocycles. The summed E-state index contributed by atoms with van der Waals surface area (Å²) >= 11 is 0. The van der Waals surface area contributed by atoms with Gasteiger partial charge in [0.2, 0.25) is 0 Å². The first-order valence-electron chi connectivity index (χ1n) is 0. The van der Waals surface area contributed by atoms with E-state index in [1.165, 1.54) is 0 Å². The van der Waals surface area contributed by atoms with E-state index in [0.29, 0.717) is 0 Å². The average molecular weight is 231 g/mol. The first-order chi connectivity index (χ1) is 0. The van der Waals surface area contributed by atoms with Gasteiger partial charge in [-0.3, -0.25) is 0 Å². The van der Waals surface area contributed by atoms with Crippen LogP contribution < -0.4 is 0 Å². The Morgan fingerprint density at radius 3 is 1.00 bits per heavy atom. The quantitative estimate of drug-likeness (QED) is 0.393. The van der Waals surface area contributed by atoms with Gasteiger partial charge in [0.25, 0.3) is 0 Å². The number of hydrogen-bond donors (Lipinski definition) is 0. The van der Waals surface area contributed by atoms with Crippen molar-refractivity contribution in [2.24, 2.45) is 0 Å². The number of rotatable bonds is 0. The van der Waals surface area contributed by atoms with E-state index < -0.39 is 0 Å². The van der Waals surface area contributed by atoms with Crippen LogP contribution in [0.1, 0.15) is 0 Å². The molecule has 2 N–H and O–H groups in total. The molecule has 22 valence electrons. The normalized spacial score (nSPS) is 0. The largest absolute Gasteiger partial charge is 0 e. The van der Waals surface area contributed by atoms with E-state index in [0.717, 1.165) is 0 Å². The van der Waals surface area contributed by atoms with Crippen LogP contribution in [0.4, 0.5) is 0 Å². The zero-order valence-electron chi connectivity index (χ0n) is 1.21. The maximum absolute atomic E-state index is 0. The SMILES string of the molecule is O.[AlH3].[InH3].[Zn]. The smallest absolute Gasteiger partial charge is 0 e. The Morgan fingerprint density at radius 1 is 1.00 bits per heavy atom. The fourth-order valence-corrected chi connectivity index (χ4v) is 0. The van der Waals surface area contributed by atoms with Crippen molar-refractivity contribution in [3.63, 3.8) is 0 Å². The summed E-state index contributed by atoms with van der Waals surface area (Å²) in [5, 5.41) is 0. The van der Waals surface area contributed by atoms with Gasteiger partial charge in [-0.05, 0) is 0 Å². The Morgan fingerprint density at radius 2 is 1.00 bits per heavy atom. The zero-order chi connectivity index (χ0) is 0. The maximum Gasteiger partial charge on any atom is 0 e. The molecular formula is H8AlInOZn. The molecule has 0 aromatic carbocycles. The van der Waals surface area contributed by atoms with Crippen molar-refractivity contribution in [1.82, 2.24) is 0 Å². The van der Waals surface area contributed by atoms with E-state index >= 15 is 0 Å². The van der Waals surface area contributed by atoms with Crippen LogP contribution in [0.3, 0.4) is 0 Å². The standard InChI is InChI=1S/Al.In.H2O.Zn.6H/h;;1H2;;;;;;;. The van der Waals surface area contributed by atoms with E-state index in [1.807, 2.05) is 0 Å². The van der Waals surface area contributed by atoms with Gasteiger partial charge in [0.15, 0.2) is 17.4 Å².